The van der Waals surface area contributed by atoms with E-state index in [-0.39, 0.29) is 18.7 Å². The van der Waals surface area contributed by atoms with Crippen LogP contribution in [0.3, 0.4) is 0 Å². The molecule has 128 valence electrons. The number of aryl methyl sites for hydroxylation is 1. The Morgan fingerprint density at radius 3 is 2.72 bits per heavy atom. The SMILES string of the molecule is Cn1cc(C#Cc2ccn3c(=O)n(CC(CN)=C(F)F)nc3c2)cn1. The second-order valence-corrected chi connectivity index (χ2v) is 5.30. The molecular weight excluding hydrogens is 330 g/mol. The molecule has 0 aliphatic rings. The zero-order chi connectivity index (χ0) is 18.0. The maximum Gasteiger partial charge on any atom is 0.350 e. The molecule has 0 saturated heterocycles. The van der Waals surface area contributed by atoms with Crippen LogP contribution in [0.1, 0.15) is 11.1 Å². The first-order valence-electron chi connectivity index (χ1n) is 7.31. The third-order valence-electron chi connectivity index (χ3n) is 3.49. The molecule has 0 unspecified atom stereocenters. The van der Waals surface area contributed by atoms with Crippen molar-refractivity contribution >= 4 is 5.65 Å². The number of fused-ring (bicyclic) bond motifs is 1. The van der Waals surface area contributed by atoms with Gasteiger partial charge in [-0.25, -0.2) is 9.48 Å². The Morgan fingerprint density at radius 2 is 2.08 bits per heavy atom. The van der Waals surface area contributed by atoms with Gasteiger partial charge < -0.3 is 5.73 Å². The summed E-state index contributed by atoms with van der Waals surface area (Å²) in [5, 5.41) is 8.08. The van der Waals surface area contributed by atoms with Crippen molar-refractivity contribution in [2.75, 3.05) is 6.54 Å². The molecule has 0 bridgehead atoms. The zero-order valence-electron chi connectivity index (χ0n) is 13.3. The molecule has 3 rings (SSSR count). The van der Waals surface area contributed by atoms with Gasteiger partial charge in [0.25, 0.3) is 6.08 Å². The molecule has 0 aliphatic heterocycles. The van der Waals surface area contributed by atoms with Crippen molar-refractivity contribution in [1.29, 1.82) is 0 Å². The Bertz CT molecular complexity index is 1080. The lowest BCUT2D eigenvalue weighted by Crippen LogP contribution is -2.24. The van der Waals surface area contributed by atoms with E-state index >= 15 is 0 Å². The van der Waals surface area contributed by atoms with Crippen molar-refractivity contribution < 1.29 is 8.78 Å². The maximum atomic E-state index is 12.7. The summed E-state index contributed by atoms with van der Waals surface area (Å²) in [5.41, 5.74) is 6.13. The Labute approximate surface area is 141 Å². The van der Waals surface area contributed by atoms with Gasteiger partial charge in [-0.1, -0.05) is 11.8 Å². The van der Waals surface area contributed by atoms with Crippen LogP contribution in [-0.4, -0.2) is 30.5 Å². The molecule has 0 spiro atoms. The number of hydrogen-bond acceptors (Lipinski definition) is 4. The van der Waals surface area contributed by atoms with Crippen molar-refractivity contribution in [3.63, 3.8) is 0 Å². The molecule has 0 radical (unpaired) electrons. The molecule has 0 saturated carbocycles. The van der Waals surface area contributed by atoms with Crippen LogP contribution in [0.4, 0.5) is 8.78 Å². The summed E-state index contributed by atoms with van der Waals surface area (Å²) in [6.45, 7) is -0.694. The van der Waals surface area contributed by atoms with Crippen molar-refractivity contribution in [3.8, 4) is 11.8 Å². The van der Waals surface area contributed by atoms with E-state index in [1.807, 2.05) is 0 Å². The fourth-order valence-corrected chi connectivity index (χ4v) is 2.21. The van der Waals surface area contributed by atoms with Gasteiger partial charge in [0.2, 0.25) is 0 Å². The molecule has 0 atom stereocenters. The topological polar surface area (TPSA) is 83.1 Å². The largest absolute Gasteiger partial charge is 0.350 e. The van der Waals surface area contributed by atoms with E-state index < -0.39 is 11.8 Å². The van der Waals surface area contributed by atoms with Crippen molar-refractivity contribution in [3.05, 3.63) is 64.0 Å². The van der Waals surface area contributed by atoms with Gasteiger partial charge in [-0.05, 0) is 12.1 Å². The van der Waals surface area contributed by atoms with Gasteiger partial charge in [-0.2, -0.15) is 13.9 Å². The van der Waals surface area contributed by atoms with Crippen LogP contribution < -0.4 is 11.4 Å². The van der Waals surface area contributed by atoms with Gasteiger partial charge in [-0.3, -0.25) is 9.08 Å². The lowest BCUT2D eigenvalue weighted by atomic mass is 10.2. The quantitative estimate of drug-likeness (QED) is 0.711. The molecule has 9 heteroatoms. The number of aromatic nitrogens is 5. The molecule has 0 aromatic carbocycles. The second-order valence-electron chi connectivity index (χ2n) is 5.30. The van der Waals surface area contributed by atoms with Crippen LogP contribution in [0.15, 0.2) is 47.2 Å². The van der Waals surface area contributed by atoms with Gasteiger partial charge in [0.15, 0.2) is 5.65 Å². The molecule has 25 heavy (non-hydrogen) atoms. The number of halogens is 2. The summed E-state index contributed by atoms with van der Waals surface area (Å²) in [6, 6.07) is 3.26. The van der Waals surface area contributed by atoms with Gasteiger partial charge in [0.1, 0.15) is 0 Å². The van der Waals surface area contributed by atoms with Gasteiger partial charge in [0, 0.05) is 37.1 Å². The monoisotopic (exact) mass is 344 g/mol. The van der Waals surface area contributed by atoms with Crippen LogP contribution in [0.25, 0.3) is 5.65 Å². The third-order valence-corrected chi connectivity index (χ3v) is 3.49. The highest BCUT2D eigenvalue weighted by Gasteiger charge is 2.11. The highest BCUT2D eigenvalue weighted by molar-refractivity contribution is 5.48. The zero-order valence-corrected chi connectivity index (χ0v) is 13.3. The minimum atomic E-state index is -1.89. The van der Waals surface area contributed by atoms with E-state index in [0.717, 1.165) is 10.2 Å². The summed E-state index contributed by atoms with van der Waals surface area (Å²) in [5.74, 6) is 5.89. The first-order chi connectivity index (χ1) is 12.0. The molecule has 2 N–H and O–H groups in total. The highest BCUT2D eigenvalue weighted by atomic mass is 19.3. The number of pyridine rings is 1. The van der Waals surface area contributed by atoms with Gasteiger partial charge >= 0.3 is 5.69 Å². The van der Waals surface area contributed by atoms with Crippen LogP contribution >= 0.6 is 0 Å². The first kappa shape index (κ1) is 16.6. The fourth-order valence-electron chi connectivity index (χ4n) is 2.21. The van der Waals surface area contributed by atoms with Gasteiger partial charge in [0.05, 0.1) is 18.3 Å². The van der Waals surface area contributed by atoms with E-state index in [0.29, 0.717) is 11.2 Å². The molecule has 0 aliphatic carbocycles. The predicted molar refractivity (Wildman–Crippen MR) is 86.9 cm³/mol. The van der Waals surface area contributed by atoms with Crippen molar-refractivity contribution in [1.82, 2.24) is 24.0 Å². The Hall–Kier alpha value is -3.25. The lowest BCUT2D eigenvalue weighted by molar-refractivity contribution is 0.400. The first-order valence-corrected chi connectivity index (χ1v) is 7.31. The Kier molecular flexibility index (Phi) is 4.45. The molecule has 0 fully saturated rings. The maximum absolute atomic E-state index is 12.7. The average molecular weight is 344 g/mol. The highest BCUT2D eigenvalue weighted by Crippen LogP contribution is 2.09. The van der Waals surface area contributed by atoms with Crippen LogP contribution in [0.5, 0.6) is 0 Å². The summed E-state index contributed by atoms with van der Waals surface area (Å²) in [4.78, 5) is 12.2. The second kappa shape index (κ2) is 6.70. The molecule has 3 aromatic heterocycles. The van der Waals surface area contributed by atoms with E-state index in [4.69, 9.17) is 5.73 Å². The predicted octanol–water partition coefficient (Wildman–Crippen LogP) is 0.739. The fraction of sp³-hybridized carbons (Fsp3) is 0.188. The Morgan fingerprint density at radius 1 is 1.32 bits per heavy atom. The molecule has 3 heterocycles. The minimum absolute atomic E-state index is 0.318. The van der Waals surface area contributed by atoms with E-state index in [1.54, 1.807) is 36.3 Å². The minimum Gasteiger partial charge on any atom is -0.327 e. The molecule has 3 aromatic rings. The third kappa shape index (κ3) is 3.49. The van der Waals surface area contributed by atoms with E-state index in [2.05, 4.69) is 22.0 Å². The van der Waals surface area contributed by atoms with E-state index in [1.165, 1.54) is 10.6 Å². The number of hydrogen-bond donors (Lipinski definition) is 1. The van der Waals surface area contributed by atoms with Crippen molar-refractivity contribution in [2.45, 2.75) is 6.54 Å². The molecule has 7 nitrogen and oxygen atoms in total. The molecular formula is C16H14F2N6O. The Balaban J connectivity index is 1.95. The molecule has 0 amide bonds. The van der Waals surface area contributed by atoms with E-state index in [9.17, 15) is 13.6 Å². The summed E-state index contributed by atoms with van der Waals surface area (Å²) in [6.07, 6.45) is 3.02. The number of nitrogens with two attached hydrogens (primary N) is 1. The average Bonchev–Trinajstić information content (AvgIpc) is 3.13. The normalized spacial score (nSPS) is 10.6. The van der Waals surface area contributed by atoms with Crippen LogP contribution in [0, 0.1) is 11.8 Å². The van der Waals surface area contributed by atoms with Crippen LogP contribution in [-0.2, 0) is 13.6 Å². The summed E-state index contributed by atoms with van der Waals surface area (Å²) in [7, 11) is 1.79. The standard InChI is InChI=1S/C16H14F2N6O/c1-22-9-12(8-20-22)3-2-11-4-5-23-14(6-11)21-24(16(23)25)10-13(7-19)15(17)18/h4-6,8-9H,7,10,19H2,1H3. The smallest absolute Gasteiger partial charge is 0.327 e. The van der Waals surface area contributed by atoms with Gasteiger partial charge in [-0.15, -0.1) is 5.10 Å². The van der Waals surface area contributed by atoms with Crippen LogP contribution in [0.2, 0.25) is 0 Å². The number of rotatable bonds is 3. The van der Waals surface area contributed by atoms with Crippen molar-refractivity contribution in [2.24, 2.45) is 12.8 Å². The lowest BCUT2D eigenvalue weighted by Gasteiger charge is -2.01. The summed E-state index contributed by atoms with van der Waals surface area (Å²) < 4.78 is 29.3. The number of nitrogens with zero attached hydrogens (tertiary/aromatic N) is 5. The summed E-state index contributed by atoms with van der Waals surface area (Å²) >= 11 is 0.